The first kappa shape index (κ1) is 20.6. The molecule has 1 heterocycles. The van der Waals surface area contributed by atoms with E-state index in [-0.39, 0.29) is 23.1 Å². The topological polar surface area (TPSA) is 78.5 Å². The lowest BCUT2D eigenvalue weighted by molar-refractivity contribution is -0.140. The number of amides is 3. The van der Waals surface area contributed by atoms with E-state index < -0.39 is 29.5 Å². The molecule has 1 aliphatic carbocycles. The van der Waals surface area contributed by atoms with E-state index in [1.807, 2.05) is 12.2 Å². The molecule has 0 radical (unpaired) electrons. The number of nitrogens with one attached hydrogen (secondary N) is 2. The highest BCUT2D eigenvalue weighted by atomic mass is 19.4. The molecule has 2 N–H and O–H groups in total. The van der Waals surface area contributed by atoms with Crippen LogP contribution in [0.2, 0.25) is 0 Å². The normalized spacial score (nSPS) is 20.8. The molecule has 1 aliphatic heterocycles. The number of nitrogens with zero attached hydrogens (tertiary/aromatic N) is 1. The van der Waals surface area contributed by atoms with Gasteiger partial charge in [0.2, 0.25) is 11.8 Å². The molecular formula is C22H18F3N3O3. The Morgan fingerprint density at radius 2 is 1.71 bits per heavy atom. The maximum atomic E-state index is 12.9. The molecule has 2 unspecified atom stereocenters. The number of carbonyl (C=O) groups excluding carboxylic acids is 3. The maximum Gasteiger partial charge on any atom is 0.416 e. The van der Waals surface area contributed by atoms with E-state index in [4.69, 9.17) is 0 Å². The van der Waals surface area contributed by atoms with Crippen LogP contribution in [-0.4, -0.2) is 17.7 Å². The van der Waals surface area contributed by atoms with E-state index in [0.717, 1.165) is 17.1 Å². The molecule has 31 heavy (non-hydrogen) atoms. The molecule has 0 spiro atoms. The Kier molecular flexibility index (Phi) is 5.26. The Labute approximate surface area is 175 Å². The molecule has 1 saturated heterocycles. The van der Waals surface area contributed by atoms with Crippen LogP contribution in [0.1, 0.15) is 28.8 Å². The summed E-state index contributed by atoms with van der Waals surface area (Å²) in [5, 5.41) is 3.56. The number of anilines is 2. The third-order valence-corrected chi connectivity index (χ3v) is 5.34. The first-order valence-electron chi connectivity index (χ1n) is 9.62. The van der Waals surface area contributed by atoms with Crippen molar-refractivity contribution in [1.29, 1.82) is 0 Å². The van der Waals surface area contributed by atoms with E-state index in [0.29, 0.717) is 18.5 Å². The predicted molar refractivity (Wildman–Crippen MR) is 107 cm³/mol. The number of rotatable bonds is 3. The van der Waals surface area contributed by atoms with Gasteiger partial charge in [-0.1, -0.05) is 24.3 Å². The summed E-state index contributed by atoms with van der Waals surface area (Å²) in [6, 6.07) is 10.3. The molecule has 2 aromatic carbocycles. The minimum absolute atomic E-state index is 0.00980. The Hall–Kier alpha value is -3.62. The minimum Gasteiger partial charge on any atom is -0.322 e. The fourth-order valence-corrected chi connectivity index (χ4v) is 3.75. The van der Waals surface area contributed by atoms with Crippen LogP contribution in [0.25, 0.3) is 0 Å². The van der Waals surface area contributed by atoms with Crippen molar-refractivity contribution in [3.05, 3.63) is 71.8 Å². The summed E-state index contributed by atoms with van der Waals surface area (Å²) in [5.41, 5.74) is 2.11. The second-order valence-corrected chi connectivity index (χ2v) is 7.39. The van der Waals surface area contributed by atoms with Crippen LogP contribution >= 0.6 is 0 Å². The molecule has 160 valence electrons. The van der Waals surface area contributed by atoms with Gasteiger partial charge in [0, 0.05) is 11.3 Å². The number of allylic oxidation sites excluding steroid dienone is 2. The lowest BCUT2D eigenvalue weighted by Crippen LogP contribution is -2.59. The van der Waals surface area contributed by atoms with Gasteiger partial charge in [0.25, 0.3) is 5.91 Å². The highest BCUT2D eigenvalue weighted by molar-refractivity contribution is 6.07. The zero-order valence-corrected chi connectivity index (χ0v) is 16.1. The van der Waals surface area contributed by atoms with Crippen molar-refractivity contribution < 1.29 is 27.6 Å². The molecule has 4 rings (SSSR count). The van der Waals surface area contributed by atoms with Crippen LogP contribution in [0, 0.1) is 11.8 Å². The zero-order valence-electron chi connectivity index (χ0n) is 16.1. The van der Waals surface area contributed by atoms with Gasteiger partial charge in [0.1, 0.15) is 0 Å². The van der Waals surface area contributed by atoms with Crippen LogP contribution in [0.4, 0.5) is 24.5 Å². The molecule has 2 aliphatic rings. The SMILES string of the molecule is O=C(Nc1cccc(C(F)(F)F)c1)c1cccc(N2NC(=O)C3CC=CCC3C2=O)c1. The van der Waals surface area contributed by atoms with Crippen molar-refractivity contribution in [2.24, 2.45) is 11.8 Å². The van der Waals surface area contributed by atoms with Gasteiger partial charge in [-0.2, -0.15) is 13.2 Å². The lowest BCUT2D eigenvalue weighted by atomic mass is 9.80. The molecule has 3 amide bonds. The van der Waals surface area contributed by atoms with Gasteiger partial charge in [-0.25, -0.2) is 5.01 Å². The maximum absolute atomic E-state index is 12.9. The van der Waals surface area contributed by atoms with Gasteiger partial charge in [0.05, 0.1) is 23.1 Å². The molecule has 2 atom stereocenters. The van der Waals surface area contributed by atoms with E-state index in [1.54, 1.807) is 6.07 Å². The van der Waals surface area contributed by atoms with Gasteiger partial charge in [-0.3, -0.25) is 19.8 Å². The van der Waals surface area contributed by atoms with Crippen molar-refractivity contribution in [2.45, 2.75) is 19.0 Å². The molecule has 0 bridgehead atoms. The van der Waals surface area contributed by atoms with Gasteiger partial charge in [0.15, 0.2) is 0 Å². The van der Waals surface area contributed by atoms with E-state index >= 15 is 0 Å². The predicted octanol–water partition coefficient (Wildman–Crippen LogP) is 3.92. The number of hydrogen-bond donors (Lipinski definition) is 2. The fourth-order valence-electron chi connectivity index (χ4n) is 3.75. The Bertz CT molecular complexity index is 1080. The van der Waals surface area contributed by atoms with Crippen LogP contribution in [0.3, 0.4) is 0 Å². The number of hydrogen-bond acceptors (Lipinski definition) is 3. The molecule has 9 heteroatoms. The average molecular weight is 429 g/mol. The summed E-state index contributed by atoms with van der Waals surface area (Å²) in [5.74, 6) is -2.07. The summed E-state index contributed by atoms with van der Waals surface area (Å²) in [6.07, 6.45) is 0.176. The van der Waals surface area contributed by atoms with Crippen molar-refractivity contribution >= 4 is 29.1 Å². The largest absolute Gasteiger partial charge is 0.416 e. The third-order valence-electron chi connectivity index (χ3n) is 5.34. The van der Waals surface area contributed by atoms with Crippen molar-refractivity contribution in [1.82, 2.24) is 5.43 Å². The van der Waals surface area contributed by atoms with Crippen molar-refractivity contribution in [2.75, 3.05) is 10.3 Å². The second kappa shape index (κ2) is 7.90. The molecule has 1 fully saturated rings. The van der Waals surface area contributed by atoms with E-state index in [9.17, 15) is 27.6 Å². The molecule has 6 nitrogen and oxygen atoms in total. The number of benzene rings is 2. The Balaban J connectivity index is 1.55. The highest BCUT2D eigenvalue weighted by Gasteiger charge is 2.42. The van der Waals surface area contributed by atoms with Gasteiger partial charge >= 0.3 is 6.18 Å². The average Bonchev–Trinajstić information content (AvgIpc) is 2.76. The van der Waals surface area contributed by atoms with Crippen molar-refractivity contribution in [3.8, 4) is 0 Å². The number of halogens is 3. The first-order chi connectivity index (χ1) is 14.7. The summed E-state index contributed by atoms with van der Waals surface area (Å²) in [4.78, 5) is 37.9. The summed E-state index contributed by atoms with van der Waals surface area (Å²) in [6.45, 7) is 0. The monoisotopic (exact) mass is 429 g/mol. The number of carbonyl (C=O) groups is 3. The molecule has 2 aromatic rings. The third kappa shape index (κ3) is 4.16. The van der Waals surface area contributed by atoms with Crippen LogP contribution in [-0.2, 0) is 15.8 Å². The second-order valence-electron chi connectivity index (χ2n) is 7.39. The van der Waals surface area contributed by atoms with Crippen LogP contribution in [0.5, 0.6) is 0 Å². The minimum atomic E-state index is -4.53. The Morgan fingerprint density at radius 1 is 1.00 bits per heavy atom. The number of fused-ring (bicyclic) bond motifs is 1. The smallest absolute Gasteiger partial charge is 0.322 e. The van der Waals surface area contributed by atoms with Gasteiger partial charge in [-0.05, 0) is 49.2 Å². The Morgan fingerprint density at radius 3 is 2.45 bits per heavy atom. The highest BCUT2D eigenvalue weighted by Crippen LogP contribution is 2.33. The van der Waals surface area contributed by atoms with Gasteiger partial charge < -0.3 is 5.32 Å². The number of hydrazine groups is 1. The molecule has 0 saturated carbocycles. The zero-order chi connectivity index (χ0) is 22.2. The summed E-state index contributed by atoms with van der Waals surface area (Å²) in [7, 11) is 0. The standard InChI is InChI=1S/C22H18F3N3O3/c23-22(24,25)14-6-4-7-15(12-14)26-19(29)13-5-3-8-16(11-13)28-21(31)18-10-2-1-9-17(18)20(30)27-28/h1-8,11-12,17-18H,9-10H2,(H,26,29)(H,27,30). The summed E-state index contributed by atoms with van der Waals surface area (Å²) >= 11 is 0. The van der Waals surface area contributed by atoms with Crippen LogP contribution < -0.4 is 15.8 Å². The van der Waals surface area contributed by atoms with Gasteiger partial charge in [-0.15, -0.1) is 0 Å². The number of alkyl halides is 3. The first-order valence-corrected chi connectivity index (χ1v) is 9.62. The van der Waals surface area contributed by atoms with Crippen molar-refractivity contribution in [3.63, 3.8) is 0 Å². The molecular weight excluding hydrogens is 411 g/mol. The van der Waals surface area contributed by atoms with E-state index in [1.165, 1.54) is 30.3 Å². The summed E-state index contributed by atoms with van der Waals surface area (Å²) < 4.78 is 38.7. The quantitative estimate of drug-likeness (QED) is 0.726. The van der Waals surface area contributed by atoms with E-state index in [2.05, 4.69) is 10.7 Å². The van der Waals surface area contributed by atoms with Crippen LogP contribution in [0.15, 0.2) is 60.7 Å². The molecule has 0 aromatic heterocycles. The fraction of sp³-hybridized carbons (Fsp3) is 0.227. The lowest BCUT2D eigenvalue weighted by Gasteiger charge is -2.38.